The molecule has 7 heteroatoms. The summed E-state index contributed by atoms with van der Waals surface area (Å²) in [7, 11) is -3.65. The molecule has 0 fully saturated rings. The molecule has 1 aromatic rings. The van der Waals surface area contributed by atoms with Gasteiger partial charge >= 0.3 is 0 Å². The zero-order chi connectivity index (χ0) is 13.8. The number of nitrogens with two attached hydrogens (primary N) is 1. The Morgan fingerprint density at radius 2 is 2.00 bits per heavy atom. The molecule has 0 unspecified atom stereocenters. The van der Waals surface area contributed by atoms with Crippen molar-refractivity contribution >= 4 is 21.6 Å². The van der Waals surface area contributed by atoms with Crippen LogP contribution in [-0.2, 0) is 14.8 Å². The van der Waals surface area contributed by atoms with E-state index < -0.39 is 10.0 Å². The molecule has 0 aromatic heterocycles. The number of aryl methyl sites for hydroxylation is 1. The third kappa shape index (κ3) is 3.71. The number of amides is 1. The van der Waals surface area contributed by atoms with Gasteiger partial charge in [-0.15, -0.1) is 0 Å². The molecule has 0 aliphatic rings. The molecular formula is C11H17N3O3S. The van der Waals surface area contributed by atoms with Crippen molar-refractivity contribution in [3.8, 4) is 0 Å². The zero-order valence-corrected chi connectivity index (χ0v) is 11.2. The second-order valence-electron chi connectivity index (χ2n) is 3.87. The summed E-state index contributed by atoms with van der Waals surface area (Å²) in [6, 6.07) is 4.91. The summed E-state index contributed by atoms with van der Waals surface area (Å²) < 4.78 is 26.4. The van der Waals surface area contributed by atoms with E-state index in [0.29, 0.717) is 5.56 Å². The van der Waals surface area contributed by atoms with Crippen LogP contribution >= 0.6 is 0 Å². The lowest BCUT2D eigenvalue weighted by Gasteiger charge is -2.11. The maximum Gasteiger partial charge on any atom is 0.242 e. The van der Waals surface area contributed by atoms with Crippen LogP contribution in [0.5, 0.6) is 0 Å². The second-order valence-corrected chi connectivity index (χ2v) is 5.58. The van der Waals surface area contributed by atoms with Crippen molar-refractivity contribution in [2.45, 2.75) is 18.7 Å². The van der Waals surface area contributed by atoms with Crippen molar-refractivity contribution in [2.24, 2.45) is 0 Å². The average molecular weight is 271 g/mol. The minimum absolute atomic E-state index is 0.0906. The number of hydrogen-bond donors (Lipinski definition) is 3. The lowest BCUT2D eigenvalue weighted by Crippen LogP contribution is -2.34. The molecule has 0 saturated carbocycles. The van der Waals surface area contributed by atoms with E-state index in [9.17, 15) is 13.2 Å². The molecule has 0 atom stereocenters. The van der Waals surface area contributed by atoms with E-state index in [2.05, 4.69) is 10.0 Å². The first-order valence-corrected chi connectivity index (χ1v) is 6.92. The van der Waals surface area contributed by atoms with Gasteiger partial charge in [-0.3, -0.25) is 4.79 Å². The Bertz CT molecular complexity index is 520. The molecule has 18 heavy (non-hydrogen) atoms. The summed E-state index contributed by atoms with van der Waals surface area (Å²) in [5.74, 6) is -0.204. The molecule has 1 aromatic carbocycles. The molecule has 100 valence electrons. The molecule has 0 saturated heterocycles. The fraction of sp³-hybridized carbons (Fsp3) is 0.364. The molecule has 0 bridgehead atoms. The van der Waals surface area contributed by atoms with E-state index in [1.807, 2.05) is 0 Å². The highest BCUT2D eigenvalue weighted by atomic mass is 32.2. The fourth-order valence-corrected chi connectivity index (χ4v) is 2.92. The number of nitrogen functional groups attached to an aromatic ring is 1. The summed E-state index contributed by atoms with van der Waals surface area (Å²) in [5, 5.41) is 2.50. The van der Waals surface area contributed by atoms with Gasteiger partial charge in [0.25, 0.3) is 0 Å². The maximum absolute atomic E-state index is 12.0. The molecule has 1 rings (SSSR count). The number of benzene rings is 1. The minimum atomic E-state index is -3.65. The number of rotatable bonds is 5. The van der Waals surface area contributed by atoms with Gasteiger partial charge in [0.2, 0.25) is 15.9 Å². The number of anilines is 1. The molecule has 0 radical (unpaired) electrons. The van der Waals surface area contributed by atoms with Crippen LogP contribution in [0, 0.1) is 6.92 Å². The summed E-state index contributed by atoms with van der Waals surface area (Å²) >= 11 is 0. The van der Waals surface area contributed by atoms with E-state index in [-0.39, 0.29) is 29.6 Å². The first-order valence-electron chi connectivity index (χ1n) is 5.44. The van der Waals surface area contributed by atoms with Gasteiger partial charge in [0.15, 0.2) is 0 Å². The Hall–Kier alpha value is -1.60. The van der Waals surface area contributed by atoms with Crippen LogP contribution in [0.1, 0.15) is 12.5 Å². The molecular weight excluding hydrogens is 254 g/mol. The molecule has 0 aliphatic heterocycles. The van der Waals surface area contributed by atoms with E-state index in [1.54, 1.807) is 19.1 Å². The Kier molecular flexibility index (Phi) is 4.69. The van der Waals surface area contributed by atoms with Crippen LogP contribution in [0.2, 0.25) is 0 Å². The van der Waals surface area contributed by atoms with Crippen molar-refractivity contribution < 1.29 is 13.2 Å². The number of carbonyl (C=O) groups is 1. The Morgan fingerprint density at radius 1 is 1.33 bits per heavy atom. The summed E-state index contributed by atoms with van der Waals surface area (Å²) in [4.78, 5) is 10.7. The molecule has 6 nitrogen and oxygen atoms in total. The predicted molar refractivity (Wildman–Crippen MR) is 69.5 cm³/mol. The van der Waals surface area contributed by atoms with Crippen LogP contribution in [0.15, 0.2) is 23.1 Å². The quantitative estimate of drug-likeness (QED) is 0.518. The number of carbonyl (C=O) groups excluding carboxylic acids is 1. The second kappa shape index (κ2) is 5.83. The number of nitrogens with one attached hydrogen (secondary N) is 2. The van der Waals surface area contributed by atoms with Gasteiger partial charge in [-0.05, 0) is 18.6 Å². The first kappa shape index (κ1) is 14.5. The van der Waals surface area contributed by atoms with Gasteiger partial charge in [0.05, 0.1) is 5.69 Å². The lowest BCUT2D eigenvalue weighted by atomic mass is 10.2. The topological polar surface area (TPSA) is 101 Å². The van der Waals surface area contributed by atoms with Gasteiger partial charge in [-0.1, -0.05) is 12.1 Å². The molecule has 0 heterocycles. The van der Waals surface area contributed by atoms with Crippen LogP contribution < -0.4 is 15.8 Å². The average Bonchev–Trinajstić information content (AvgIpc) is 2.23. The van der Waals surface area contributed by atoms with Gasteiger partial charge < -0.3 is 11.1 Å². The monoisotopic (exact) mass is 271 g/mol. The zero-order valence-electron chi connectivity index (χ0n) is 10.4. The van der Waals surface area contributed by atoms with Crippen molar-refractivity contribution in [3.63, 3.8) is 0 Å². The van der Waals surface area contributed by atoms with E-state index in [4.69, 9.17) is 5.73 Å². The highest BCUT2D eigenvalue weighted by Gasteiger charge is 2.18. The highest BCUT2D eigenvalue weighted by molar-refractivity contribution is 7.89. The largest absolute Gasteiger partial charge is 0.398 e. The van der Waals surface area contributed by atoms with Crippen LogP contribution in [0.25, 0.3) is 0 Å². The molecule has 0 spiro atoms. The Balaban J connectivity index is 2.78. The van der Waals surface area contributed by atoms with Crippen molar-refractivity contribution in [3.05, 3.63) is 23.8 Å². The van der Waals surface area contributed by atoms with Gasteiger partial charge in [-0.2, -0.15) is 0 Å². The SMILES string of the molecule is CC(=O)NCCNS(=O)(=O)c1c(C)cccc1N. The number of hydrogen-bond acceptors (Lipinski definition) is 4. The fourth-order valence-electron chi connectivity index (χ4n) is 1.54. The van der Waals surface area contributed by atoms with E-state index in [1.165, 1.54) is 13.0 Å². The Morgan fingerprint density at radius 3 is 2.56 bits per heavy atom. The van der Waals surface area contributed by atoms with Crippen LogP contribution in [-0.4, -0.2) is 27.4 Å². The maximum atomic E-state index is 12.0. The van der Waals surface area contributed by atoms with E-state index >= 15 is 0 Å². The third-order valence-corrected chi connectivity index (χ3v) is 3.98. The first-order chi connectivity index (χ1) is 8.34. The summed E-state index contributed by atoms with van der Waals surface area (Å²) in [6.45, 7) is 3.41. The van der Waals surface area contributed by atoms with Gasteiger partial charge in [0.1, 0.15) is 4.90 Å². The lowest BCUT2D eigenvalue weighted by molar-refractivity contribution is -0.118. The van der Waals surface area contributed by atoms with Gasteiger partial charge in [0, 0.05) is 20.0 Å². The summed E-state index contributed by atoms with van der Waals surface area (Å²) in [6.07, 6.45) is 0. The third-order valence-electron chi connectivity index (χ3n) is 2.30. The molecule has 0 aliphatic carbocycles. The van der Waals surface area contributed by atoms with Crippen LogP contribution in [0.3, 0.4) is 0 Å². The standard InChI is InChI=1S/C11H17N3O3S/c1-8-4-3-5-10(12)11(8)18(16,17)14-7-6-13-9(2)15/h3-5,14H,6-7,12H2,1-2H3,(H,13,15). The number of sulfonamides is 1. The molecule has 1 amide bonds. The minimum Gasteiger partial charge on any atom is -0.398 e. The van der Waals surface area contributed by atoms with Crippen molar-refractivity contribution in [2.75, 3.05) is 18.8 Å². The molecule has 4 N–H and O–H groups in total. The van der Waals surface area contributed by atoms with Gasteiger partial charge in [-0.25, -0.2) is 13.1 Å². The summed E-state index contributed by atoms with van der Waals surface area (Å²) in [5.41, 5.74) is 6.47. The van der Waals surface area contributed by atoms with Crippen molar-refractivity contribution in [1.82, 2.24) is 10.0 Å². The Labute approximate surface area is 107 Å². The van der Waals surface area contributed by atoms with Crippen molar-refractivity contribution in [1.29, 1.82) is 0 Å². The van der Waals surface area contributed by atoms with E-state index in [0.717, 1.165) is 0 Å². The highest BCUT2D eigenvalue weighted by Crippen LogP contribution is 2.21. The normalized spacial score (nSPS) is 11.2. The predicted octanol–water partition coefficient (Wildman–Crippen LogP) is -0.00838. The smallest absolute Gasteiger partial charge is 0.242 e. The van der Waals surface area contributed by atoms with Crippen LogP contribution in [0.4, 0.5) is 5.69 Å².